The second-order valence-corrected chi connectivity index (χ2v) is 4.34. The van der Waals surface area contributed by atoms with Crippen LogP contribution in [0.3, 0.4) is 0 Å². The van der Waals surface area contributed by atoms with Crippen molar-refractivity contribution in [2.24, 2.45) is 15.8 Å². The summed E-state index contributed by atoms with van der Waals surface area (Å²) in [5.74, 6) is 0.524. The molecule has 0 radical (unpaired) electrons. The van der Waals surface area contributed by atoms with E-state index in [9.17, 15) is 10.1 Å². The van der Waals surface area contributed by atoms with Gasteiger partial charge in [0.05, 0.1) is 17.2 Å². The van der Waals surface area contributed by atoms with Gasteiger partial charge in [0.1, 0.15) is 4.99 Å². The summed E-state index contributed by atoms with van der Waals surface area (Å²) in [7, 11) is 0. The number of nitrogens with zero attached hydrogens (tertiary/aromatic N) is 3. The molecule has 4 N–H and O–H groups in total. The van der Waals surface area contributed by atoms with E-state index in [0.29, 0.717) is 30.3 Å². The third kappa shape index (κ3) is 3.26. The lowest BCUT2D eigenvalue weighted by Gasteiger charge is -2.06. The summed E-state index contributed by atoms with van der Waals surface area (Å²) in [5, 5.41) is 17.7. The highest BCUT2D eigenvalue weighted by atomic mass is 32.1. The van der Waals surface area contributed by atoms with Crippen molar-refractivity contribution in [3.8, 4) is 0 Å². The molecule has 0 aliphatic carbocycles. The first-order chi connectivity index (χ1) is 9.58. The molecular weight excluding hydrogens is 280 g/mol. The molecule has 0 saturated heterocycles. The zero-order valence-corrected chi connectivity index (χ0v) is 11.2. The predicted molar refractivity (Wildman–Crippen MR) is 81.2 cm³/mol. The van der Waals surface area contributed by atoms with Gasteiger partial charge in [-0.1, -0.05) is 18.3 Å². The summed E-state index contributed by atoms with van der Waals surface area (Å²) in [6, 6.07) is 5.97. The van der Waals surface area contributed by atoms with Gasteiger partial charge >= 0.3 is 0 Å². The van der Waals surface area contributed by atoms with Crippen molar-refractivity contribution in [3.05, 3.63) is 34.4 Å². The SMILES string of the molecule is NC(=S)/C(=N/Nc1cccc([N+](=O)[O-])c1)C1=NCCN1. The minimum absolute atomic E-state index is 0.0293. The Morgan fingerprint density at radius 3 is 3.00 bits per heavy atom. The molecular formula is C11H12N6O2S. The Bertz CT molecular complexity index is 613. The number of hydrazone groups is 1. The minimum atomic E-state index is -0.480. The van der Waals surface area contributed by atoms with Gasteiger partial charge in [-0.3, -0.25) is 20.5 Å². The van der Waals surface area contributed by atoms with Crippen molar-refractivity contribution in [3.63, 3.8) is 0 Å². The monoisotopic (exact) mass is 292 g/mol. The lowest BCUT2D eigenvalue weighted by atomic mass is 10.3. The Morgan fingerprint density at radius 2 is 2.40 bits per heavy atom. The van der Waals surface area contributed by atoms with Gasteiger partial charge in [0.25, 0.3) is 5.69 Å². The zero-order valence-electron chi connectivity index (χ0n) is 10.4. The van der Waals surface area contributed by atoms with Crippen molar-refractivity contribution >= 4 is 40.1 Å². The van der Waals surface area contributed by atoms with Crippen LogP contribution in [0.2, 0.25) is 0 Å². The number of nitrogens with two attached hydrogens (primary N) is 1. The van der Waals surface area contributed by atoms with Gasteiger partial charge in [0.15, 0.2) is 11.5 Å². The van der Waals surface area contributed by atoms with Crippen LogP contribution in [0.5, 0.6) is 0 Å². The number of aliphatic imine (C=N–C) groups is 1. The van der Waals surface area contributed by atoms with Crippen molar-refractivity contribution < 1.29 is 4.92 Å². The van der Waals surface area contributed by atoms with Gasteiger partial charge in [-0.05, 0) is 6.07 Å². The van der Waals surface area contributed by atoms with Crippen LogP contribution in [0.1, 0.15) is 0 Å². The average Bonchev–Trinajstić information content (AvgIpc) is 2.93. The molecule has 1 aliphatic heterocycles. The molecule has 9 heteroatoms. The van der Waals surface area contributed by atoms with Crippen LogP contribution in [-0.4, -0.2) is 34.5 Å². The normalized spacial score (nSPS) is 14.4. The summed E-state index contributed by atoms with van der Waals surface area (Å²) in [5.41, 5.74) is 9.04. The summed E-state index contributed by atoms with van der Waals surface area (Å²) in [6.45, 7) is 1.33. The van der Waals surface area contributed by atoms with E-state index in [1.165, 1.54) is 12.1 Å². The van der Waals surface area contributed by atoms with Crippen LogP contribution in [0.4, 0.5) is 11.4 Å². The maximum absolute atomic E-state index is 10.7. The van der Waals surface area contributed by atoms with E-state index < -0.39 is 4.92 Å². The van der Waals surface area contributed by atoms with Gasteiger partial charge in [0.2, 0.25) is 0 Å². The molecule has 0 spiro atoms. The van der Waals surface area contributed by atoms with Crippen LogP contribution in [-0.2, 0) is 0 Å². The van der Waals surface area contributed by atoms with Crippen molar-refractivity contribution in [1.82, 2.24) is 5.32 Å². The molecule has 1 aliphatic rings. The first-order valence-corrected chi connectivity index (χ1v) is 6.15. The van der Waals surface area contributed by atoms with Gasteiger partial charge < -0.3 is 11.1 Å². The minimum Gasteiger partial charge on any atom is -0.388 e. The van der Waals surface area contributed by atoms with Crippen LogP contribution in [0.15, 0.2) is 34.4 Å². The molecule has 1 aromatic carbocycles. The first kappa shape index (κ1) is 13.9. The van der Waals surface area contributed by atoms with Crippen LogP contribution in [0.25, 0.3) is 0 Å². The highest BCUT2D eigenvalue weighted by molar-refractivity contribution is 7.82. The summed E-state index contributed by atoms with van der Waals surface area (Å²) in [6.07, 6.45) is 0. The quantitative estimate of drug-likeness (QED) is 0.317. The molecule has 1 aromatic rings. The largest absolute Gasteiger partial charge is 0.388 e. The number of anilines is 1. The fraction of sp³-hybridized carbons (Fsp3) is 0.182. The van der Waals surface area contributed by atoms with Crippen molar-refractivity contribution in [2.75, 3.05) is 18.5 Å². The Balaban J connectivity index is 2.19. The van der Waals surface area contributed by atoms with Crippen molar-refractivity contribution in [1.29, 1.82) is 0 Å². The van der Waals surface area contributed by atoms with E-state index in [1.807, 2.05) is 0 Å². The molecule has 8 nitrogen and oxygen atoms in total. The molecule has 104 valence electrons. The summed E-state index contributed by atoms with van der Waals surface area (Å²) >= 11 is 4.91. The topological polar surface area (TPSA) is 118 Å². The number of thiocarbonyl (C=S) groups is 1. The third-order valence-electron chi connectivity index (χ3n) is 2.49. The number of benzene rings is 1. The molecule has 1 heterocycles. The average molecular weight is 292 g/mol. The highest BCUT2D eigenvalue weighted by Crippen LogP contribution is 2.16. The predicted octanol–water partition coefficient (Wildman–Crippen LogP) is 0.650. The van der Waals surface area contributed by atoms with E-state index in [2.05, 4.69) is 20.8 Å². The number of nitro benzene ring substituents is 1. The van der Waals surface area contributed by atoms with Crippen LogP contribution in [0, 0.1) is 10.1 Å². The molecule has 2 rings (SSSR count). The summed E-state index contributed by atoms with van der Waals surface area (Å²) < 4.78 is 0. The molecule has 0 fully saturated rings. The molecule has 20 heavy (non-hydrogen) atoms. The van der Waals surface area contributed by atoms with Gasteiger partial charge in [-0.15, -0.1) is 0 Å². The number of nitro groups is 1. The maximum atomic E-state index is 10.7. The Morgan fingerprint density at radius 1 is 1.60 bits per heavy atom. The first-order valence-electron chi connectivity index (χ1n) is 5.74. The standard InChI is InChI=1S/C11H12N6O2S/c12-10(20)9(11-13-4-5-14-11)16-15-7-2-1-3-8(6-7)17(18)19/h1-3,6,15H,4-5H2,(H2,12,20)(H,13,14)/b16-9-. The molecule has 0 saturated carbocycles. The Labute approximate surface area is 119 Å². The van der Waals surface area contributed by atoms with Gasteiger partial charge in [-0.2, -0.15) is 5.10 Å². The fourth-order valence-corrected chi connectivity index (χ4v) is 1.73. The fourth-order valence-electron chi connectivity index (χ4n) is 1.59. The zero-order chi connectivity index (χ0) is 14.5. The smallest absolute Gasteiger partial charge is 0.271 e. The van der Waals surface area contributed by atoms with Crippen molar-refractivity contribution in [2.45, 2.75) is 0 Å². The summed E-state index contributed by atoms with van der Waals surface area (Å²) in [4.78, 5) is 14.5. The lowest BCUT2D eigenvalue weighted by Crippen LogP contribution is -2.36. The van der Waals surface area contributed by atoms with E-state index in [0.717, 1.165) is 0 Å². The van der Waals surface area contributed by atoms with E-state index in [1.54, 1.807) is 12.1 Å². The molecule has 0 aromatic heterocycles. The Hall–Kier alpha value is -2.55. The molecule has 0 unspecified atom stereocenters. The molecule has 0 bridgehead atoms. The number of nitrogens with one attached hydrogen (secondary N) is 2. The van der Waals surface area contributed by atoms with Crippen LogP contribution >= 0.6 is 12.2 Å². The van der Waals surface area contributed by atoms with Gasteiger partial charge in [0, 0.05) is 18.7 Å². The number of non-ortho nitro benzene ring substituents is 1. The molecule has 0 amide bonds. The second kappa shape index (κ2) is 6.06. The number of hydrogen-bond donors (Lipinski definition) is 3. The van der Waals surface area contributed by atoms with E-state index in [-0.39, 0.29) is 10.7 Å². The number of hydrogen-bond acceptors (Lipinski definition) is 7. The van der Waals surface area contributed by atoms with Crippen LogP contribution < -0.4 is 16.5 Å². The molecule has 0 atom stereocenters. The lowest BCUT2D eigenvalue weighted by molar-refractivity contribution is -0.384. The third-order valence-corrected chi connectivity index (χ3v) is 2.68. The highest BCUT2D eigenvalue weighted by Gasteiger charge is 2.15. The maximum Gasteiger partial charge on any atom is 0.271 e. The van der Waals surface area contributed by atoms with E-state index in [4.69, 9.17) is 18.0 Å². The number of amidine groups is 1. The van der Waals surface area contributed by atoms with Gasteiger partial charge in [-0.25, -0.2) is 0 Å². The Kier molecular flexibility index (Phi) is 4.20. The number of rotatable bonds is 5. The van der Waals surface area contributed by atoms with E-state index >= 15 is 0 Å². The second-order valence-electron chi connectivity index (χ2n) is 3.90.